The molecule has 3 saturated heterocycles. The van der Waals surface area contributed by atoms with E-state index in [1.807, 2.05) is 24.3 Å². The van der Waals surface area contributed by atoms with Crippen LogP contribution in [0.2, 0.25) is 0 Å². The van der Waals surface area contributed by atoms with Gasteiger partial charge in [0.05, 0.1) is 19.3 Å². The fraction of sp³-hybridized carbons (Fsp3) is 0.571. The van der Waals surface area contributed by atoms with E-state index in [4.69, 9.17) is 23.7 Å². The zero-order valence-electron chi connectivity index (χ0n) is 16.6. The van der Waals surface area contributed by atoms with E-state index in [9.17, 15) is 25.2 Å². The van der Waals surface area contributed by atoms with Crippen LogP contribution < -0.4 is 0 Å². The average Bonchev–Trinajstić information content (AvgIpc) is 2.79. The molecule has 0 aromatic heterocycles. The van der Waals surface area contributed by atoms with E-state index in [1.165, 1.54) is 0 Å². The number of fused-ring (bicyclic) bond motifs is 1. The quantitative estimate of drug-likeness (QED) is 0.463. The van der Waals surface area contributed by atoms with Crippen LogP contribution in [0.25, 0.3) is 6.08 Å². The summed E-state index contributed by atoms with van der Waals surface area (Å²) in [5.41, 5.74) is 1.75. The number of rotatable bonds is 5. The molecule has 3 heterocycles. The Bertz CT molecular complexity index is 783. The molecule has 1 aromatic carbocycles. The molecule has 0 saturated carbocycles. The van der Waals surface area contributed by atoms with Gasteiger partial charge in [-0.05, 0) is 5.56 Å². The highest BCUT2D eigenvalue weighted by molar-refractivity contribution is 5.87. The van der Waals surface area contributed by atoms with Crippen molar-refractivity contribution in [1.82, 2.24) is 0 Å². The predicted molar refractivity (Wildman–Crippen MR) is 103 cm³/mol. The number of benzene rings is 1. The number of hydrogen-bond donors (Lipinski definition) is 4. The smallest absolute Gasteiger partial charge is 0.223 e. The van der Waals surface area contributed by atoms with Gasteiger partial charge >= 0.3 is 0 Å². The number of Topliss-reactive ketones (excluding diaryl/α,β-unsaturated/α-hetero) is 1. The lowest BCUT2D eigenvalue weighted by molar-refractivity contribution is -0.357. The van der Waals surface area contributed by atoms with Crippen molar-refractivity contribution in [2.75, 3.05) is 13.2 Å². The maximum absolute atomic E-state index is 12.2. The Hall–Kier alpha value is -1.73. The molecule has 3 aliphatic heterocycles. The number of aliphatic hydroxyl groups is 4. The molecule has 10 nitrogen and oxygen atoms in total. The monoisotopic (exact) mass is 438 g/mol. The van der Waals surface area contributed by atoms with Gasteiger partial charge in [-0.1, -0.05) is 36.9 Å². The van der Waals surface area contributed by atoms with E-state index in [0.29, 0.717) is 0 Å². The minimum atomic E-state index is -1.76. The zero-order valence-corrected chi connectivity index (χ0v) is 16.6. The van der Waals surface area contributed by atoms with E-state index < -0.39 is 67.9 Å². The van der Waals surface area contributed by atoms with Crippen LogP contribution in [-0.4, -0.2) is 88.6 Å². The lowest BCUT2D eigenvalue weighted by Crippen LogP contribution is -2.59. The van der Waals surface area contributed by atoms with Gasteiger partial charge in [0, 0.05) is 12.0 Å². The van der Waals surface area contributed by atoms with Crippen LogP contribution in [-0.2, 0) is 28.5 Å². The molecular weight excluding hydrogens is 412 g/mol. The minimum Gasteiger partial charge on any atom is -0.394 e. The van der Waals surface area contributed by atoms with Gasteiger partial charge in [-0.2, -0.15) is 0 Å². The largest absolute Gasteiger partial charge is 0.394 e. The summed E-state index contributed by atoms with van der Waals surface area (Å²) in [5, 5.41) is 39.5. The van der Waals surface area contributed by atoms with E-state index in [-0.39, 0.29) is 13.0 Å². The first-order valence-electron chi connectivity index (χ1n) is 10.1. The van der Waals surface area contributed by atoms with Gasteiger partial charge in [-0.25, -0.2) is 0 Å². The van der Waals surface area contributed by atoms with E-state index in [1.54, 1.807) is 6.08 Å². The SMILES string of the molecule is C=Cc1ccc(C2OCC3OC(OC4OC(CO)C(O)C(O)C4=O)CC(O)C3O2)cc1. The first kappa shape index (κ1) is 22.5. The van der Waals surface area contributed by atoms with Crippen molar-refractivity contribution in [2.24, 2.45) is 0 Å². The predicted octanol–water partition coefficient (Wildman–Crippen LogP) is -0.756. The summed E-state index contributed by atoms with van der Waals surface area (Å²) in [6.45, 7) is 3.23. The number of ketones is 1. The second-order valence-electron chi connectivity index (χ2n) is 7.71. The van der Waals surface area contributed by atoms with Crippen LogP contribution in [0.4, 0.5) is 0 Å². The van der Waals surface area contributed by atoms with Gasteiger partial charge < -0.3 is 44.1 Å². The van der Waals surface area contributed by atoms with Gasteiger partial charge in [0.1, 0.15) is 30.5 Å². The summed E-state index contributed by atoms with van der Waals surface area (Å²) in [7, 11) is 0. The summed E-state index contributed by atoms with van der Waals surface area (Å²) in [6, 6.07) is 7.47. The lowest BCUT2D eigenvalue weighted by atomic mass is 9.99. The van der Waals surface area contributed by atoms with Gasteiger partial charge in [0.2, 0.25) is 12.1 Å². The molecule has 0 bridgehead atoms. The Morgan fingerprint density at radius 2 is 1.87 bits per heavy atom. The minimum absolute atomic E-state index is 0.0150. The Morgan fingerprint density at radius 1 is 1.13 bits per heavy atom. The Labute approximate surface area is 178 Å². The van der Waals surface area contributed by atoms with Crippen molar-refractivity contribution in [2.45, 2.75) is 61.9 Å². The highest BCUT2D eigenvalue weighted by atomic mass is 16.8. The summed E-state index contributed by atoms with van der Waals surface area (Å²) in [5.74, 6) is -0.892. The first-order valence-corrected chi connectivity index (χ1v) is 10.1. The molecule has 170 valence electrons. The molecule has 9 atom stereocenters. The standard InChI is InChI=1S/C21H26O10/c1-2-10-3-5-11(6-4-10)20-27-9-14-19(31-20)12(23)7-15(28-14)30-21-18(26)17(25)16(24)13(8-22)29-21/h2-6,12-17,19-25H,1,7-9H2. The van der Waals surface area contributed by atoms with Crippen LogP contribution in [0.15, 0.2) is 30.8 Å². The molecule has 10 heteroatoms. The molecule has 1 aromatic rings. The summed E-state index contributed by atoms with van der Waals surface area (Å²) in [6.07, 6.45) is -8.33. The highest BCUT2D eigenvalue weighted by Gasteiger charge is 2.48. The van der Waals surface area contributed by atoms with Gasteiger partial charge in [-0.15, -0.1) is 0 Å². The number of aliphatic hydroxyl groups excluding tert-OH is 4. The summed E-state index contributed by atoms with van der Waals surface area (Å²) < 4.78 is 28.2. The number of carbonyl (C=O) groups excluding carboxylic acids is 1. The number of ether oxygens (including phenoxy) is 5. The van der Waals surface area contributed by atoms with Gasteiger partial charge in [-0.3, -0.25) is 4.79 Å². The molecule has 0 radical (unpaired) electrons. The van der Waals surface area contributed by atoms with Crippen LogP contribution in [0.3, 0.4) is 0 Å². The molecule has 0 spiro atoms. The average molecular weight is 438 g/mol. The zero-order chi connectivity index (χ0) is 22.1. The molecule has 3 aliphatic rings. The van der Waals surface area contributed by atoms with Crippen molar-refractivity contribution in [3.8, 4) is 0 Å². The third-order valence-corrected chi connectivity index (χ3v) is 5.63. The van der Waals surface area contributed by atoms with Crippen LogP contribution in [0, 0.1) is 0 Å². The highest BCUT2D eigenvalue weighted by Crippen LogP contribution is 2.35. The van der Waals surface area contributed by atoms with E-state index in [2.05, 4.69) is 6.58 Å². The molecule has 9 unspecified atom stereocenters. The second kappa shape index (κ2) is 9.41. The maximum Gasteiger partial charge on any atom is 0.223 e. The second-order valence-corrected chi connectivity index (χ2v) is 7.71. The molecule has 31 heavy (non-hydrogen) atoms. The van der Waals surface area contributed by atoms with Gasteiger partial charge in [0.15, 0.2) is 12.6 Å². The van der Waals surface area contributed by atoms with Crippen molar-refractivity contribution in [1.29, 1.82) is 0 Å². The molecule has 4 N–H and O–H groups in total. The van der Waals surface area contributed by atoms with E-state index >= 15 is 0 Å². The van der Waals surface area contributed by atoms with Crippen molar-refractivity contribution < 1.29 is 48.9 Å². The number of hydrogen-bond acceptors (Lipinski definition) is 10. The van der Waals surface area contributed by atoms with Crippen LogP contribution in [0.5, 0.6) is 0 Å². The summed E-state index contributed by atoms with van der Waals surface area (Å²) >= 11 is 0. The van der Waals surface area contributed by atoms with Crippen LogP contribution in [0.1, 0.15) is 23.8 Å². The van der Waals surface area contributed by atoms with Crippen molar-refractivity contribution in [3.05, 3.63) is 42.0 Å². The third kappa shape index (κ3) is 4.58. The van der Waals surface area contributed by atoms with Crippen molar-refractivity contribution in [3.63, 3.8) is 0 Å². The van der Waals surface area contributed by atoms with Crippen LogP contribution >= 0.6 is 0 Å². The lowest BCUT2D eigenvalue weighted by Gasteiger charge is -2.45. The number of carbonyl (C=O) groups is 1. The normalized spacial score (nSPS) is 40.9. The van der Waals surface area contributed by atoms with E-state index in [0.717, 1.165) is 11.1 Å². The first-order chi connectivity index (χ1) is 14.9. The Kier molecular flexibility index (Phi) is 6.82. The summed E-state index contributed by atoms with van der Waals surface area (Å²) in [4.78, 5) is 12.2. The molecule has 4 rings (SSSR count). The topological polar surface area (TPSA) is 144 Å². The fourth-order valence-corrected chi connectivity index (χ4v) is 3.84. The molecule has 0 aliphatic carbocycles. The van der Waals surface area contributed by atoms with Gasteiger partial charge in [0.25, 0.3) is 0 Å². The Balaban J connectivity index is 1.37. The molecule has 3 fully saturated rings. The third-order valence-electron chi connectivity index (χ3n) is 5.63. The molecular formula is C21H26O10. The fourth-order valence-electron chi connectivity index (χ4n) is 3.84. The van der Waals surface area contributed by atoms with Crippen molar-refractivity contribution >= 4 is 11.9 Å². The maximum atomic E-state index is 12.2. The Morgan fingerprint density at radius 3 is 2.55 bits per heavy atom. The molecule has 0 amide bonds.